The van der Waals surface area contributed by atoms with Crippen LogP contribution in [0.5, 0.6) is 0 Å². The molecule has 0 amide bonds. The molecule has 0 N–H and O–H groups in total. The van der Waals surface area contributed by atoms with E-state index < -0.39 is 0 Å². The van der Waals surface area contributed by atoms with Gasteiger partial charge in [0.15, 0.2) is 0 Å². The maximum absolute atomic E-state index is 4.77. The van der Waals surface area contributed by atoms with E-state index in [0.717, 1.165) is 16.8 Å². The van der Waals surface area contributed by atoms with Crippen LogP contribution in [0, 0.1) is 6.92 Å². The van der Waals surface area contributed by atoms with Gasteiger partial charge in [0.25, 0.3) is 0 Å². The highest BCUT2D eigenvalue weighted by Gasteiger charge is 2.11. The summed E-state index contributed by atoms with van der Waals surface area (Å²) < 4.78 is 0. The van der Waals surface area contributed by atoms with Crippen LogP contribution < -0.4 is 0 Å². The van der Waals surface area contributed by atoms with Crippen molar-refractivity contribution >= 4 is 5.71 Å². The Balaban J connectivity index is 2.51. The fourth-order valence-electron chi connectivity index (χ4n) is 2.81. The van der Waals surface area contributed by atoms with E-state index in [4.69, 9.17) is 4.99 Å². The van der Waals surface area contributed by atoms with Gasteiger partial charge in [-0.15, -0.1) is 0 Å². The Hall–Kier alpha value is -2.93. The van der Waals surface area contributed by atoms with Gasteiger partial charge in [-0.3, -0.25) is 4.99 Å². The molecule has 1 heteroatoms. The Bertz CT molecular complexity index is 849. The summed E-state index contributed by atoms with van der Waals surface area (Å²) in [6.07, 6.45) is 7.70. The third-order valence-electron chi connectivity index (χ3n) is 4.04. The SMILES string of the molecule is C=C/C(=C\C=C/C)C(=C)N=C(C)c1c(C)cccc1-c1ccccc1. The molecule has 0 unspecified atom stereocenters. The van der Waals surface area contributed by atoms with Crippen molar-refractivity contribution in [2.75, 3.05) is 0 Å². The van der Waals surface area contributed by atoms with E-state index in [2.05, 4.69) is 62.5 Å². The van der Waals surface area contributed by atoms with Crippen LogP contribution in [0.4, 0.5) is 0 Å². The van der Waals surface area contributed by atoms with Gasteiger partial charge in [0, 0.05) is 11.3 Å². The van der Waals surface area contributed by atoms with Gasteiger partial charge in [-0.1, -0.05) is 86.0 Å². The van der Waals surface area contributed by atoms with E-state index in [1.165, 1.54) is 16.7 Å². The molecular weight excluding hydrogens is 302 g/mol. The molecule has 0 aliphatic carbocycles. The molecule has 0 aliphatic rings. The summed E-state index contributed by atoms with van der Waals surface area (Å²) in [6, 6.07) is 16.7. The Kier molecular flexibility index (Phi) is 6.47. The number of aliphatic imine (C=N–C) groups is 1. The van der Waals surface area contributed by atoms with E-state index in [1.807, 2.05) is 38.1 Å². The van der Waals surface area contributed by atoms with Crippen molar-refractivity contribution in [1.82, 2.24) is 0 Å². The molecule has 0 radical (unpaired) electrons. The first kappa shape index (κ1) is 18.4. The average molecular weight is 327 g/mol. The van der Waals surface area contributed by atoms with Crippen LogP contribution in [0.15, 0.2) is 102 Å². The zero-order chi connectivity index (χ0) is 18.2. The lowest BCUT2D eigenvalue weighted by atomic mass is 9.93. The lowest BCUT2D eigenvalue weighted by molar-refractivity contribution is 1.33. The fourth-order valence-corrected chi connectivity index (χ4v) is 2.81. The van der Waals surface area contributed by atoms with E-state index >= 15 is 0 Å². The van der Waals surface area contributed by atoms with E-state index in [0.29, 0.717) is 5.70 Å². The minimum Gasteiger partial charge on any atom is -0.253 e. The molecule has 0 heterocycles. The average Bonchev–Trinajstić information content (AvgIpc) is 2.62. The van der Waals surface area contributed by atoms with Gasteiger partial charge in [0.05, 0.1) is 5.70 Å². The maximum atomic E-state index is 4.77. The second-order valence-corrected chi connectivity index (χ2v) is 5.86. The summed E-state index contributed by atoms with van der Waals surface area (Å²) in [7, 11) is 0. The first-order chi connectivity index (χ1) is 12.1. The van der Waals surface area contributed by atoms with Crippen molar-refractivity contribution < 1.29 is 0 Å². The van der Waals surface area contributed by atoms with Crippen LogP contribution in [0.25, 0.3) is 11.1 Å². The van der Waals surface area contributed by atoms with Crippen molar-refractivity contribution in [3.05, 3.63) is 108 Å². The van der Waals surface area contributed by atoms with Crippen LogP contribution >= 0.6 is 0 Å². The van der Waals surface area contributed by atoms with Crippen LogP contribution in [0.2, 0.25) is 0 Å². The van der Waals surface area contributed by atoms with Crippen LogP contribution in [-0.2, 0) is 0 Å². The number of hydrogen-bond donors (Lipinski definition) is 0. The number of rotatable bonds is 6. The standard InChI is InChI=1S/C24H25N/c1-6-8-14-21(7-2)19(4)25-20(5)24-18(3)13-12-17-23(24)22-15-10-9-11-16-22/h6-17H,2,4H2,1,3,5H3/b8-6-,21-14+,25-20?. The molecule has 0 atom stereocenters. The summed E-state index contributed by atoms with van der Waals surface area (Å²) >= 11 is 0. The number of aryl methyl sites for hydroxylation is 1. The maximum Gasteiger partial charge on any atom is 0.0633 e. The first-order valence-corrected chi connectivity index (χ1v) is 8.44. The van der Waals surface area contributed by atoms with Gasteiger partial charge < -0.3 is 0 Å². The predicted octanol–water partition coefficient (Wildman–Crippen LogP) is 6.67. The molecule has 1 nitrogen and oxygen atoms in total. The van der Waals surface area contributed by atoms with Gasteiger partial charge in [-0.2, -0.15) is 0 Å². The van der Waals surface area contributed by atoms with Gasteiger partial charge in [0.1, 0.15) is 0 Å². The normalized spacial score (nSPS) is 12.4. The molecule has 2 rings (SSSR count). The monoisotopic (exact) mass is 327 g/mol. The van der Waals surface area contributed by atoms with Crippen LogP contribution in [0.1, 0.15) is 25.0 Å². The Labute approximate surface area is 151 Å². The van der Waals surface area contributed by atoms with E-state index in [-0.39, 0.29) is 0 Å². The lowest BCUT2D eigenvalue weighted by Crippen LogP contribution is -2.02. The predicted molar refractivity (Wildman–Crippen MR) is 111 cm³/mol. The smallest absolute Gasteiger partial charge is 0.0633 e. The molecular formula is C24H25N. The van der Waals surface area contributed by atoms with Crippen molar-refractivity contribution in [2.45, 2.75) is 20.8 Å². The second-order valence-electron chi connectivity index (χ2n) is 5.86. The number of allylic oxidation sites excluding steroid dienone is 4. The van der Waals surface area contributed by atoms with Crippen molar-refractivity contribution in [1.29, 1.82) is 0 Å². The number of benzene rings is 2. The molecule has 2 aromatic rings. The number of hydrogen-bond acceptors (Lipinski definition) is 1. The van der Waals surface area contributed by atoms with Gasteiger partial charge in [-0.05, 0) is 43.0 Å². The highest BCUT2D eigenvalue weighted by molar-refractivity contribution is 6.06. The molecule has 0 bridgehead atoms. The molecule has 0 saturated heterocycles. The van der Waals surface area contributed by atoms with Gasteiger partial charge in [-0.25, -0.2) is 0 Å². The summed E-state index contributed by atoms with van der Waals surface area (Å²) in [6.45, 7) is 14.1. The van der Waals surface area contributed by atoms with Crippen LogP contribution in [-0.4, -0.2) is 5.71 Å². The Morgan fingerprint density at radius 2 is 1.76 bits per heavy atom. The van der Waals surface area contributed by atoms with Crippen molar-refractivity contribution in [2.24, 2.45) is 4.99 Å². The summed E-state index contributed by atoms with van der Waals surface area (Å²) in [5.74, 6) is 0. The highest BCUT2D eigenvalue weighted by Crippen LogP contribution is 2.27. The second kappa shape index (κ2) is 8.79. The quantitative estimate of drug-likeness (QED) is 0.415. The number of nitrogens with zero attached hydrogens (tertiary/aromatic N) is 1. The largest absolute Gasteiger partial charge is 0.253 e. The molecule has 0 fully saturated rings. The third-order valence-corrected chi connectivity index (χ3v) is 4.04. The van der Waals surface area contributed by atoms with Crippen molar-refractivity contribution in [3.63, 3.8) is 0 Å². The minimum atomic E-state index is 0.716. The van der Waals surface area contributed by atoms with Crippen LogP contribution in [0.3, 0.4) is 0 Å². The van der Waals surface area contributed by atoms with Gasteiger partial charge >= 0.3 is 0 Å². The zero-order valence-corrected chi connectivity index (χ0v) is 15.3. The molecule has 0 aliphatic heterocycles. The molecule has 0 spiro atoms. The van der Waals surface area contributed by atoms with E-state index in [9.17, 15) is 0 Å². The first-order valence-electron chi connectivity index (χ1n) is 8.44. The van der Waals surface area contributed by atoms with Crippen molar-refractivity contribution in [3.8, 4) is 11.1 Å². The summed E-state index contributed by atoms with van der Waals surface area (Å²) in [5.41, 5.74) is 7.33. The Morgan fingerprint density at radius 1 is 1.04 bits per heavy atom. The molecule has 25 heavy (non-hydrogen) atoms. The fraction of sp³-hybridized carbons (Fsp3) is 0.125. The summed E-state index contributed by atoms with van der Waals surface area (Å²) in [5, 5.41) is 0. The molecule has 0 saturated carbocycles. The lowest BCUT2D eigenvalue weighted by Gasteiger charge is -2.13. The highest BCUT2D eigenvalue weighted by atomic mass is 14.8. The molecule has 0 aromatic heterocycles. The van der Waals surface area contributed by atoms with E-state index in [1.54, 1.807) is 6.08 Å². The molecule has 126 valence electrons. The topological polar surface area (TPSA) is 12.4 Å². The summed E-state index contributed by atoms with van der Waals surface area (Å²) in [4.78, 5) is 4.77. The third kappa shape index (κ3) is 4.54. The Morgan fingerprint density at radius 3 is 2.40 bits per heavy atom. The zero-order valence-electron chi connectivity index (χ0n) is 15.3. The molecule has 2 aromatic carbocycles. The van der Waals surface area contributed by atoms with Gasteiger partial charge in [0.2, 0.25) is 0 Å². The minimum absolute atomic E-state index is 0.716.